The molecule has 17 heavy (non-hydrogen) atoms. The molecule has 0 fully saturated rings. The summed E-state index contributed by atoms with van der Waals surface area (Å²) < 4.78 is 22.8. The van der Waals surface area contributed by atoms with Gasteiger partial charge < -0.3 is 0 Å². The van der Waals surface area contributed by atoms with Crippen molar-refractivity contribution in [2.45, 2.75) is 4.90 Å². The molecule has 0 spiro atoms. The lowest BCUT2D eigenvalue weighted by Crippen LogP contribution is -2.02. The van der Waals surface area contributed by atoms with Gasteiger partial charge in [0.1, 0.15) is 0 Å². The predicted molar refractivity (Wildman–Crippen MR) is 67.3 cm³/mol. The number of thiophene rings is 1. The molecule has 0 aliphatic heterocycles. The van der Waals surface area contributed by atoms with Gasteiger partial charge in [-0.2, -0.15) is 0 Å². The lowest BCUT2D eigenvalue weighted by Gasteiger charge is -2.01. The fourth-order valence-corrected chi connectivity index (χ4v) is 2.77. The average Bonchev–Trinajstić information content (AvgIpc) is 2.80. The van der Waals surface area contributed by atoms with E-state index in [9.17, 15) is 13.2 Å². The summed E-state index contributed by atoms with van der Waals surface area (Å²) in [6.45, 7) is 0. The van der Waals surface area contributed by atoms with E-state index in [2.05, 4.69) is 0 Å². The van der Waals surface area contributed by atoms with E-state index in [1.54, 1.807) is 24.3 Å². The number of benzene rings is 1. The SMILES string of the molecule is CS(=O)(=O)c1cccc(C(=O)c2cccs2)c1. The zero-order valence-electron chi connectivity index (χ0n) is 9.08. The molecule has 2 aromatic rings. The minimum atomic E-state index is -3.28. The van der Waals surface area contributed by atoms with Crippen molar-refractivity contribution < 1.29 is 13.2 Å². The van der Waals surface area contributed by atoms with Gasteiger partial charge in [0.15, 0.2) is 9.84 Å². The lowest BCUT2D eigenvalue weighted by atomic mass is 10.1. The highest BCUT2D eigenvalue weighted by molar-refractivity contribution is 7.90. The van der Waals surface area contributed by atoms with Gasteiger partial charge in [-0.15, -0.1) is 11.3 Å². The van der Waals surface area contributed by atoms with Gasteiger partial charge in [-0.3, -0.25) is 4.79 Å². The third-order valence-corrected chi connectivity index (χ3v) is 4.25. The van der Waals surface area contributed by atoms with Crippen LogP contribution in [-0.4, -0.2) is 20.5 Å². The van der Waals surface area contributed by atoms with E-state index in [0.29, 0.717) is 10.4 Å². The van der Waals surface area contributed by atoms with Gasteiger partial charge in [0.05, 0.1) is 9.77 Å². The molecular formula is C12H10O3S2. The fourth-order valence-electron chi connectivity index (χ4n) is 1.42. The molecule has 0 aliphatic carbocycles. The molecule has 0 radical (unpaired) electrons. The number of sulfone groups is 1. The van der Waals surface area contributed by atoms with E-state index < -0.39 is 9.84 Å². The quantitative estimate of drug-likeness (QED) is 0.801. The van der Waals surface area contributed by atoms with Crippen LogP contribution in [-0.2, 0) is 9.84 Å². The molecule has 0 bridgehead atoms. The van der Waals surface area contributed by atoms with Crippen LogP contribution in [0.25, 0.3) is 0 Å². The summed E-state index contributed by atoms with van der Waals surface area (Å²) in [6.07, 6.45) is 1.13. The smallest absolute Gasteiger partial charge is 0.202 e. The zero-order chi connectivity index (χ0) is 12.5. The molecule has 0 N–H and O–H groups in total. The minimum absolute atomic E-state index is 0.148. The first-order valence-corrected chi connectivity index (χ1v) is 7.64. The summed E-state index contributed by atoms with van der Waals surface area (Å²) in [5.41, 5.74) is 0.398. The second kappa shape index (κ2) is 4.43. The molecule has 0 saturated heterocycles. The summed E-state index contributed by atoms with van der Waals surface area (Å²) in [4.78, 5) is 12.8. The molecule has 1 heterocycles. The van der Waals surface area contributed by atoms with Crippen LogP contribution in [0.2, 0.25) is 0 Å². The summed E-state index contributed by atoms with van der Waals surface area (Å²) >= 11 is 1.34. The Morgan fingerprint density at radius 3 is 2.53 bits per heavy atom. The van der Waals surface area contributed by atoms with Crippen molar-refractivity contribution >= 4 is 27.0 Å². The molecule has 0 unspecified atom stereocenters. The molecule has 0 amide bonds. The van der Waals surface area contributed by atoms with Gasteiger partial charge in [-0.25, -0.2) is 8.42 Å². The zero-order valence-corrected chi connectivity index (χ0v) is 10.7. The molecule has 2 rings (SSSR count). The Balaban J connectivity index is 2.45. The van der Waals surface area contributed by atoms with Crippen LogP contribution in [0.1, 0.15) is 15.2 Å². The Kier molecular flexibility index (Phi) is 3.13. The molecular weight excluding hydrogens is 256 g/mol. The Hall–Kier alpha value is -1.46. The van der Waals surface area contributed by atoms with Gasteiger partial charge in [0.2, 0.25) is 5.78 Å². The second-order valence-corrected chi connectivity index (χ2v) is 6.57. The highest BCUT2D eigenvalue weighted by Crippen LogP contribution is 2.17. The van der Waals surface area contributed by atoms with Crippen molar-refractivity contribution in [1.82, 2.24) is 0 Å². The standard InChI is InChI=1S/C12H10O3S2/c1-17(14,15)10-5-2-4-9(8-10)12(13)11-6-3-7-16-11/h2-8H,1H3. The predicted octanol–water partition coefficient (Wildman–Crippen LogP) is 2.38. The van der Waals surface area contributed by atoms with Crippen LogP contribution >= 0.6 is 11.3 Å². The Labute approximate surface area is 104 Å². The number of carbonyl (C=O) groups excluding carboxylic acids is 1. The largest absolute Gasteiger partial charge is 0.288 e. The molecule has 5 heteroatoms. The monoisotopic (exact) mass is 266 g/mol. The van der Waals surface area contributed by atoms with E-state index in [-0.39, 0.29) is 10.7 Å². The maximum absolute atomic E-state index is 12.0. The molecule has 0 aliphatic rings. The molecule has 0 saturated carbocycles. The van der Waals surface area contributed by atoms with Crippen LogP contribution in [0, 0.1) is 0 Å². The van der Waals surface area contributed by atoms with Crippen molar-refractivity contribution in [3.8, 4) is 0 Å². The van der Waals surface area contributed by atoms with Crippen LogP contribution in [0.15, 0.2) is 46.7 Å². The first kappa shape index (κ1) is 12.0. The van der Waals surface area contributed by atoms with Gasteiger partial charge in [0.25, 0.3) is 0 Å². The third kappa shape index (κ3) is 2.62. The lowest BCUT2D eigenvalue weighted by molar-refractivity contribution is 0.104. The van der Waals surface area contributed by atoms with Crippen molar-refractivity contribution in [3.05, 3.63) is 52.2 Å². The third-order valence-electron chi connectivity index (χ3n) is 2.27. The number of hydrogen-bond acceptors (Lipinski definition) is 4. The number of hydrogen-bond donors (Lipinski definition) is 0. The highest BCUT2D eigenvalue weighted by atomic mass is 32.2. The molecule has 1 aromatic carbocycles. The van der Waals surface area contributed by atoms with E-state index in [0.717, 1.165) is 6.26 Å². The summed E-state index contributed by atoms with van der Waals surface area (Å²) in [5.74, 6) is -0.148. The van der Waals surface area contributed by atoms with Crippen LogP contribution < -0.4 is 0 Å². The Bertz CT molecular complexity index is 640. The highest BCUT2D eigenvalue weighted by Gasteiger charge is 2.13. The summed E-state index contributed by atoms with van der Waals surface area (Å²) in [7, 11) is -3.28. The van der Waals surface area contributed by atoms with Crippen molar-refractivity contribution in [2.24, 2.45) is 0 Å². The average molecular weight is 266 g/mol. The summed E-state index contributed by atoms with van der Waals surface area (Å²) in [6, 6.07) is 9.62. The van der Waals surface area contributed by atoms with Gasteiger partial charge in [-0.05, 0) is 23.6 Å². The van der Waals surface area contributed by atoms with Crippen molar-refractivity contribution in [2.75, 3.05) is 6.26 Å². The van der Waals surface area contributed by atoms with Gasteiger partial charge in [0, 0.05) is 11.8 Å². The molecule has 88 valence electrons. The minimum Gasteiger partial charge on any atom is -0.288 e. The van der Waals surface area contributed by atoms with E-state index in [4.69, 9.17) is 0 Å². The molecule has 3 nitrogen and oxygen atoms in total. The topological polar surface area (TPSA) is 51.2 Å². The van der Waals surface area contributed by atoms with Crippen LogP contribution in [0.5, 0.6) is 0 Å². The van der Waals surface area contributed by atoms with E-state index in [1.165, 1.54) is 23.5 Å². The van der Waals surface area contributed by atoms with Crippen LogP contribution in [0.3, 0.4) is 0 Å². The maximum Gasteiger partial charge on any atom is 0.202 e. The second-order valence-electron chi connectivity index (χ2n) is 3.61. The van der Waals surface area contributed by atoms with Crippen molar-refractivity contribution in [1.29, 1.82) is 0 Å². The first-order valence-electron chi connectivity index (χ1n) is 4.87. The normalized spacial score (nSPS) is 11.4. The molecule has 1 aromatic heterocycles. The maximum atomic E-state index is 12.0. The number of rotatable bonds is 3. The Morgan fingerprint density at radius 2 is 1.94 bits per heavy atom. The van der Waals surface area contributed by atoms with E-state index >= 15 is 0 Å². The van der Waals surface area contributed by atoms with Crippen LogP contribution in [0.4, 0.5) is 0 Å². The number of carbonyl (C=O) groups is 1. The summed E-state index contributed by atoms with van der Waals surface area (Å²) in [5, 5.41) is 1.81. The van der Waals surface area contributed by atoms with Crippen molar-refractivity contribution in [3.63, 3.8) is 0 Å². The van der Waals surface area contributed by atoms with Gasteiger partial charge >= 0.3 is 0 Å². The first-order chi connectivity index (χ1) is 7.98. The molecule has 0 atom stereocenters. The fraction of sp³-hybridized carbons (Fsp3) is 0.0833. The van der Waals surface area contributed by atoms with E-state index in [1.807, 2.05) is 5.38 Å². The van der Waals surface area contributed by atoms with Gasteiger partial charge in [-0.1, -0.05) is 18.2 Å². The Morgan fingerprint density at radius 1 is 1.18 bits per heavy atom. The number of ketones is 1.